The number of fused-ring (bicyclic) bond motifs is 3. The molecule has 0 unspecified atom stereocenters. The van der Waals surface area contributed by atoms with Crippen molar-refractivity contribution in [2.45, 2.75) is 42.7 Å². The Bertz CT molecular complexity index is 760. The molecule has 7 heteroatoms. The Morgan fingerprint density at radius 2 is 1.96 bits per heavy atom. The van der Waals surface area contributed by atoms with Crippen molar-refractivity contribution in [3.05, 3.63) is 24.3 Å². The maximum atomic E-state index is 12.8. The fourth-order valence-corrected chi connectivity index (χ4v) is 5.21. The molecular weight excluding hydrogens is 326 g/mol. The van der Waals surface area contributed by atoms with Crippen molar-refractivity contribution in [1.29, 1.82) is 0 Å². The first-order valence-corrected chi connectivity index (χ1v) is 10.0. The van der Waals surface area contributed by atoms with Crippen molar-refractivity contribution in [1.82, 2.24) is 9.62 Å². The quantitative estimate of drug-likeness (QED) is 0.890. The van der Waals surface area contributed by atoms with E-state index in [-0.39, 0.29) is 18.0 Å². The van der Waals surface area contributed by atoms with Gasteiger partial charge in [-0.1, -0.05) is 12.1 Å². The van der Waals surface area contributed by atoms with E-state index < -0.39 is 10.0 Å². The van der Waals surface area contributed by atoms with Gasteiger partial charge < -0.3 is 10.2 Å². The first-order valence-electron chi connectivity index (χ1n) is 8.60. The molecule has 2 atom stereocenters. The van der Waals surface area contributed by atoms with Crippen LogP contribution in [0.25, 0.3) is 0 Å². The lowest BCUT2D eigenvalue weighted by Crippen LogP contribution is -2.48. The summed E-state index contributed by atoms with van der Waals surface area (Å²) in [5.41, 5.74) is 0.663. The number of nitrogens with zero attached hydrogens (tertiary/aromatic N) is 2. The summed E-state index contributed by atoms with van der Waals surface area (Å²) in [6.45, 7) is 1.16. The van der Waals surface area contributed by atoms with Crippen molar-refractivity contribution in [2.75, 3.05) is 25.0 Å². The lowest BCUT2D eigenvalue weighted by atomic mass is 10.2. The molecule has 2 heterocycles. The van der Waals surface area contributed by atoms with Crippen molar-refractivity contribution in [3.8, 4) is 0 Å². The fourth-order valence-electron chi connectivity index (χ4n) is 3.82. The molecule has 0 aromatic heterocycles. The SMILES string of the molecule is CN1C[C@H]2CC[C@H](C(=O)NCC3CC3)N2c2ccccc2S1(=O)=O. The topological polar surface area (TPSA) is 69.7 Å². The molecule has 0 bridgehead atoms. The smallest absolute Gasteiger partial charge is 0.244 e. The summed E-state index contributed by atoms with van der Waals surface area (Å²) >= 11 is 0. The van der Waals surface area contributed by atoms with E-state index in [4.69, 9.17) is 0 Å². The third-order valence-corrected chi connectivity index (χ3v) is 7.24. The van der Waals surface area contributed by atoms with Crippen LogP contribution in [0.2, 0.25) is 0 Å². The molecule has 24 heavy (non-hydrogen) atoms. The maximum Gasteiger partial charge on any atom is 0.244 e. The number of benzene rings is 1. The number of carbonyl (C=O) groups is 1. The van der Waals surface area contributed by atoms with Gasteiger partial charge in [-0.25, -0.2) is 8.42 Å². The van der Waals surface area contributed by atoms with Gasteiger partial charge in [0.05, 0.1) is 5.69 Å². The monoisotopic (exact) mass is 349 g/mol. The number of anilines is 1. The van der Waals surface area contributed by atoms with Crippen molar-refractivity contribution >= 4 is 21.6 Å². The van der Waals surface area contributed by atoms with Gasteiger partial charge in [-0.3, -0.25) is 4.79 Å². The summed E-state index contributed by atoms with van der Waals surface area (Å²) < 4.78 is 26.9. The number of carbonyl (C=O) groups excluding carboxylic acids is 1. The highest BCUT2D eigenvalue weighted by Gasteiger charge is 2.44. The Hall–Kier alpha value is -1.60. The van der Waals surface area contributed by atoms with Crippen LogP contribution in [-0.2, 0) is 14.8 Å². The lowest BCUT2D eigenvalue weighted by Gasteiger charge is -2.31. The second-order valence-corrected chi connectivity index (χ2v) is 9.11. The second kappa shape index (κ2) is 5.74. The van der Waals surface area contributed by atoms with Gasteiger partial charge in [0.25, 0.3) is 0 Å². The van der Waals surface area contributed by atoms with Crippen molar-refractivity contribution in [3.63, 3.8) is 0 Å². The number of hydrogen-bond donors (Lipinski definition) is 1. The van der Waals surface area contributed by atoms with Crippen LogP contribution in [0.4, 0.5) is 5.69 Å². The molecule has 0 spiro atoms. The van der Waals surface area contributed by atoms with Gasteiger partial charge in [0, 0.05) is 26.2 Å². The minimum absolute atomic E-state index is 0.0288. The molecule has 130 valence electrons. The van der Waals surface area contributed by atoms with Crippen LogP contribution < -0.4 is 10.2 Å². The molecule has 1 N–H and O–H groups in total. The first-order chi connectivity index (χ1) is 11.5. The zero-order chi connectivity index (χ0) is 16.9. The molecule has 2 aliphatic heterocycles. The second-order valence-electron chi connectivity index (χ2n) is 7.10. The summed E-state index contributed by atoms with van der Waals surface area (Å²) in [5, 5.41) is 3.06. The number of rotatable bonds is 3. The maximum absolute atomic E-state index is 12.8. The third-order valence-electron chi connectivity index (χ3n) is 5.37. The number of likely N-dealkylation sites (N-methyl/N-ethyl adjacent to an activating group) is 1. The van der Waals surface area contributed by atoms with E-state index in [2.05, 4.69) is 5.32 Å². The number of sulfonamides is 1. The highest BCUT2D eigenvalue weighted by molar-refractivity contribution is 7.89. The molecule has 6 nitrogen and oxygen atoms in total. The Balaban J connectivity index is 1.69. The summed E-state index contributed by atoms with van der Waals surface area (Å²) in [7, 11) is -1.88. The van der Waals surface area contributed by atoms with Gasteiger partial charge in [-0.2, -0.15) is 4.31 Å². The van der Waals surface area contributed by atoms with E-state index in [0.717, 1.165) is 19.4 Å². The van der Waals surface area contributed by atoms with Crippen LogP contribution in [0, 0.1) is 5.92 Å². The first kappa shape index (κ1) is 15.9. The Morgan fingerprint density at radius 1 is 1.21 bits per heavy atom. The van der Waals surface area contributed by atoms with Crippen LogP contribution >= 0.6 is 0 Å². The average molecular weight is 349 g/mol. The van der Waals surface area contributed by atoms with Crippen LogP contribution in [0.15, 0.2) is 29.2 Å². The van der Waals surface area contributed by atoms with Gasteiger partial charge in [-0.15, -0.1) is 0 Å². The Kier molecular flexibility index (Phi) is 3.80. The number of para-hydroxylation sites is 1. The molecule has 1 saturated heterocycles. The number of amides is 1. The Morgan fingerprint density at radius 3 is 2.71 bits per heavy atom. The highest BCUT2D eigenvalue weighted by Crippen LogP contribution is 2.39. The third kappa shape index (κ3) is 2.59. The summed E-state index contributed by atoms with van der Waals surface area (Å²) in [4.78, 5) is 15.0. The van der Waals surface area contributed by atoms with E-state index >= 15 is 0 Å². The minimum atomic E-state index is -3.50. The molecule has 2 fully saturated rings. The van der Waals surface area contributed by atoms with Gasteiger partial charge in [0.2, 0.25) is 15.9 Å². The molecule has 1 aromatic rings. The van der Waals surface area contributed by atoms with Gasteiger partial charge >= 0.3 is 0 Å². The van der Waals surface area contributed by atoms with Crippen molar-refractivity contribution < 1.29 is 13.2 Å². The van der Waals surface area contributed by atoms with Crippen LogP contribution in [-0.4, -0.2) is 50.9 Å². The summed E-state index contributed by atoms with van der Waals surface area (Å²) in [5.74, 6) is 0.662. The predicted molar refractivity (Wildman–Crippen MR) is 91.3 cm³/mol. The van der Waals surface area contributed by atoms with E-state index in [9.17, 15) is 13.2 Å². The summed E-state index contributed by atoms with van der Waals surface area (Å²) in [6, 6.07) is 6.81. The average Bonchev–Trinajstić information content (AvgIpc) is 3.32. The lowest BCUT2D eigenvalue weighted by molar-refractivity contribution is -0.122. The van der Waals surface area contributed by atoms with Gasteiger partial charge in [0.15, 0.2) is 0 Å². The molecule has 1 aliphatic carbocycles. The predicted octanol–water partition coefficient (Wildman–Crippen LogP) is 1.18. The van der Waals surface area contributed by atoms with Gasteiger partial charge in [-0.05, 0) is 43.7 Å². The largest absolute Gasteiger partial charge is 0.354 e. The molecule has 0 radical (unpaired) electrons. The Labute approximate surface area is 142 Å². The molecule has 1 aromatic carbocycles. The van der Waals surface area contributed by atoms with Gasteiger partial charge in [0.1, 0.15) is 10.9 Å². The molecule has 3 aliphatic rings. The van der Waals surface area contributed by atoms with Crippen molar-refractivity contribution in [2.24, 2.45) is 5.92 Å². The van der Waals surface area contributed by atoms with E-state index in [0.29, 0.717) is 23.0 Å². The van der Waals surface area contributed by atoms with Crippen LogP contribution in [0.5, 0.6) is 0 Å². The minimum Gasteiger partial charge on any atom is -0.354 e. The zero-order valence-corrected chi connectivity index (χ0v) is 14.6. The molecule has 1 saturated carbocycles. The number of nitrogens with one attached hydrogen (secondary N) is 1. The molecule has 4 rings (SSSR count). The van der Waals surface area contributed by atoms with E-state index in [1.165, 1.54) is 17.1 Å². The standard InChI is InChI=1S/C17H23N3O3S/c1-19-11-13-8-9-15(17(21)18-10-12-6-7-12)20(13)14-4-2-3-5-16(14)24(19,22)23/h2-5,12-13,15H,6-11H2,1H3,(H,18,21)/t13-,15-/m1/s1. The summed E-state index contributed by atoms with van der Waals surface area (Å²) in [6.07, 6.45) is 3.99. The zero-order valence-electron chi connectivity index (χ0n) is 13.8. The van der Waals surface area contributed by atoms with E-state index in [1.54, 1.807) is 19.2 Å². The van der Waals surface area contributed by atoms with Crippen LogP contribution in [0.1, 0.15) is 25.7 Å². The van der Waals surface area contributed by atoms with Crippen LogP contribution in [0.3, 0.4) is 0 Å². The highest BCUT2D eigenvalue weighted by atomic mass is 32.2. The molecular formula is C17H23N3O3S. The number of hydrogen-bond acceptors (Lipinski definition) is 4. The fraction of sp³-hybridized carbons (Fsp3) is 0.588. The van der Waals surface area contributed by atoms with E-state index in [1.807, 2.05) is 17.0 Å². The normalized spacial score (nSPS) is 28.8. The molecule has 1 amide bonds.